The van der Waals surface area contributed by atoms with Crippen molar-refractivity contribution in [2.24, 2.45) is 0 Å². The second kappa shape index (κ2) is 5.93. The minimum Gasteiger partial charge on any atom is -0.362 e. The predicted molar refractivity (Wildman–Crippen MR) is 64.4 cm³/mol. The van der Waals surface area contributed by atoms with Gasteiger partial charge in [-0.05, 0) is 36.5 Å². The largest absolute Gasteiger partial charge is 0.362 e. The summed E-state index contributed by atoms with van der Waals surface area (Å²) in [4.78, 5) is 0. The van der Waals surface area contributed by atoms with E-state index in [-0.39, 0.29) is 5.82 Å². The van der Waals surface area contributed by atoms with Crippen LogP contribution in [-0.4, -0.2) is 17.0 Å². The molecule has 1 aromatic carbocycles. The van der Waals surface area contributed by atoms with E-state index in [2.05, 4.69) is 26.6 Å². The van der Waals surface area contributed by atoms with Gasteiger partial charge in [0.1, 0.15) is 5.82 Å². The molecular weight excluding hydrogens is 267 g/mol. The molecule has 0 atom stereocenters. The van der Waals surface area contributed by atoms with Gasteiger partial charge in [-0.25, -0.2) is 4.39 Å². The highest BCUT2D eigenvalue weighted by atomic mass is 79.9. The first-order chi connectivity index (χ1) is 6.72. The molecule has 0 saturated heterocycles. The van der Waals surface area contributed by atoms with E-state index in [1.807, 2.05) is 0 Å². The highest BCUT2D eigenvalue weighted by molar-refractivity contribution is 9.09. The first kappa shape index (κ1) is 11.4. The van der Waals surface area contributed by atoms with E-state index < -0.39 is 0 Å². The lowest BCUT2D eigenvalue weighted by atomic mass is 10.3. The summed E-state index contributed by atoms with van der Waals surface area (Å²) in [6, 6.07) is 6.04. The lowest BCUT2D eigenvalue weighted by Crippen LogP contribution is -2.29. The first-order valence-corrected chi connectivity index (χ1v) is 5.62. The number of anilines is 1. The average Bonchev–Trinajstić information content (AvgIpc) is 2.18. The monoisotopic (exact) mass is 276 g/mol. The molecule has 0 aliphatic carbocycles. The number of benzene rings is 1. The van der Waals surface area contributed by atoms with Crippen LogP contribution in [0.1, 0.15) is 0 Å². The van der Waals surface area contributed by atoms with Crippen LogP contribution in [0, 0.1) is 5.82 Å². The Bertz CT molecular complexity index is 302. The molecule has 0 aliphatic heterocycles. The van der Waals surface area contributed by atoms with Gasteiger partial charge in [0, 0.05) is 17.6 Å². The van der Waals surface area contributed by atoms with E-state index in [9.17, 15) is 4.39 Å². The zero-order chi connectivity index (χ0) is 10.4. The molecule has 0 heterocycles. The first-order valence-electron chi connectivity index (χ1n) is 4.09. The van der Waals surface area contributed by atoms with Crippen LogP contribution < -0.4 is 10.6 Å². The molecule has 0 aliphatic rings. The van der Waals surface area contributed by atoms with Crippen LogP contribution >= 0.6 is 28.1 Å². The Hall–Kier alpha value is -0.680. The average molecular weight is 277 g/mol. The van der Waals surface area contributed by atoms with Crippen molar-refractivity contribution in [2.75, 3.05) is 17.2 Å². The van der Waals surface area contributed by atoms with Crippen molar-refractivity contribution in [3.8, 4) is 0 Å². The number of rotatable bonds is 3. The van der Waals surface area contributed by atoms with Gasteiger partial charge in [-0.3, -0.25) is 0 Å². The van der Waals surface area contributed by atoms with Crippen molar-refractivity contribution in [1.82, 2.24) is 5.32 Å². The van der Waals surface area contributed by atoms with Gasteiger partial charge < -0.3 is 10.6 Å². The molecule has 76 valence electrons. The third kappa shape index (κ3) is 4.02. The van der Waals surface area contributed by atoms with E-state index in [0.29, 0.717) is 5.11 Å². The van der Waals surface area contributed by atoms with Gasteiger partial charge in [-0.2, -0.15) is 0 Å². The van der Waals surface area contributed by atoms with Gasteiger partial charge in [0.15, 0.2) is 5.11 Å². The zero-order valence-corrected chi connectivity index (χ0v) is 9.79. The standard InChI is InChI=1S/C9H10BrFN2S/c10-5-6-12-9(14)13-8-3-1-7(11)2-4-8/h1-4H,5-6H2,(H2,12,13,14). The lowest BCUT2D eigenvalue weighted by Gasteiger charge is -2.08. The summed E-state index contributed by atoms with van der Waals surface area (Å²) in [5.41, 5.74) is 0.776. The maximum Gasteiger partial charge on any atom is 0.170 e. The van der Waals surface area contributed by atoms with Crippen molar-refractivity contribution in [3.63, 3.8) is 0 Å². The molecule has 5 heteroatoms. The maximum atomic E-state index is 12.5. The Kier molecular flexibility index (Phi) is 4.82. The van der Waals surface area contributed by atoms with E-state index >= 15 is 0 Å². The van der Waals surface area contributed by atoms with Crippen molar-refractivity contribution < 1.29 is 4.39 Å². The smallest absolute Gasteiger partial charge is 0.170 e. The van der Waals surface area contributed by atoms with E-state index in [1.54, 1.807) is 12.1 Å². The highest BCUT2D eigenvalue weighted by Gasteiger charge is 1.96. The minimum absolute atomic E-state index is 0.255. The van der Waals surface area contributed by atoms with Crippen LogP contribution in [0.15, 0.2) is 24.3 Å². The molecule has 0 fully saturated rings. The molecule has 2 nitrogen and oxygen atoms in total. The topological polar surface area (TPSA) is 24.1 Å². The van der Waals surface area contributed by atoms with Crippen LogP contribution in [0.2, 0.25) is 0 Å². The van der Waals surface area contributed by atoms with Gasteiger partial charge in [0.05, 0.1) is 0 Å². The Balaban J connectivity index is 2.44. The van der Waals surface area contributed by atoms with Crippen LogP contribution in [-0.2, 0) is 0 Å². The summed E-state index contributed by atoms with van der Waals surface area (Å²) in [6.45, 7) is 0.757. The van der Waals surface area contributed by atoms with Crippen molar-refractivity contribution in [1.29, 1.82) is 0 Å². The van der Waals surface area contributed by atoms with E-state index in [4.69, 9.17) is 12.2 Å². The fourth-order valence-electron chi connectivity index (χ4n) is 0.869. The number of thiocarbonyl (C=S) groups is 1. The van der Waals surface area contributed by atoms with Crippen LogP contribution in [0.3, 0.4) is 0 Å². The number of alkyl halides is 1. The SMILES string of the molecule is Fc1ccc(NC(=S)NCCBr)cc1. The van der Waals surface area contributed by atoms with Gasteiger partial charge in [-0.15, -0.1) is 0 Å². The van der Waals surface area contributed by atoms with Crippen LogP contribution in [0.5, 0.6) is 0 Å². The fourth-order valence-corrected chi connectivity index (χ4v) is 1.29. The zero-order valence-electron chi connectivity index (χ0n) is 7.39. The fraction of sp³-hybridized carbons (Fsp3) is 0.222. The molecular formula is C9H10BrFN2S. The highest BCUT2D eigenvalue weighted by Crippen LogP contribution is 2.07. The van der Waals surface area contributed by atoms with E-state index in [0.717, 1.165) is 17.6 Å². The third-order valence-corrected chi connectivity index (χ3v) is 2.13. The normalized spacial score (nSPS) is 9.57. The number of hydrogen-bond donors (Lipinski definition) is 2. The molecule has 1 rings (SSSR count). The summed E-state index contributed by atoms with van der Waals surface area (Å²) < 4.78 is 12.5. The van der Waals surface area contributed by atoms with E-state index in [1.165, 1.54) is 12.1 Å². The van der Waals surface area contributed by atoms with Crippen molar-refractivity contribution in [2.45, 2.75) is 0 Å². The molecule has 2 N–H and O–H groups in total. The van der Waals surface area contributed by atoms with Gasteiger partial charge >= 0.3 is 0 Å². The van der Waals surface area contributed by atoms with Gasteiger partial charge in [0.25, 0.3) is 0 Å². The summed E-state index contributed by atoms with van der Waals surface area (Å²) in [5.74, 6) is -0.255. The Labute approximate surface area is 96.0 Å². The molecule has 0 spiro atoms. The minimum atomic E-state index is -0.255. The lowest BCUT2D eigenvalue weighted by molar-refractivity contribution is 0.628. The predicted octanol–water partition coefficient (Wildman–Crippen LogP) is 2.51. The summed E-state index contributed by atoms with van der Waals surface area (Å²) >= 11 is 8.27. The molecule has 14 heavy (non-hydrogen) atoms. The Morgan fingerprint density at radius 1 is 1.36 bits per heavy atom. The second-order valence-corrected chi connectivity index (χ2v) is 3.78. The molecule has 0 aromatic heterocycles. The molecule has 0 bridgehead atoms. The van der Waals surface area contributed by atoms with Crippen LogP contribution in [0.4, 0.5) is 10.1 Å². The van der Waals surface area contributed by atoms with Gasteiger partial charge in [-0.1, -0.05) is 15.9 Å². The third-order valence-electron chi connectivity index (χ3n) is 1.48. The van der Waals surface area contributed by atoms with Crippen LogP contribution in [0.25, 0.3) is 0 Å². The summed E-state index contributed by atoms with van der Waals surface area (Å²) in [5, 5.41) is 7.28. The maximum absolute atomic E-state index is 12.5. The number of nitrogens with one attached hydrogen (secondary N) is 2. The Morgan fingerprint density at radius 2 is 2.00 bits per heavy atom. The second-order valence-electron chi connectivity index (χ2n) is 2.58. The molecule has 0 saturated carbocycles. The van der Waals surface area contributed by atoms with Crippen molar-refractivity contribution >= 4 is 38.9 Å². The molecule has 0 amide bonds. The van der Waals surface area contributed by atoms with Gasteiger partial charge in [0.2, 0.25) is 0 Å². The number of halogens is 2. The molecule has 1 aromatic rings. The van der Waals surface area contributed by atoms with Crippen molar-refractivity contribution in [3.05, 3.63) is 30.1 Å². The molecule has 0 unspecified atom stereocenters. The quantitative estimate of drug-likeness (QED) is 0.655. The summed E-state index contributed by atoms with van der Waals surface area (Å²) in [6.07, 6.45) is 0. The summed E-state index contributed by atoms with van der Waals surface area (Å²) in [7, 11) is 0. The molecule has 0 radical (unpaired) electrons. The number of hydrogen-bond acceptors (Lipinski definition) is 1. The Morgan fingerprint density at radius 3 is 2.57 bits per heavy atom.